The van der Waals surface area contributed by atoms with E-state index in [1.807, 2.05) is 30.5 Å². The molecule has 0 atom stereocenters. The minimum absolute atomic E-state index is 0.146. The van der Waals surface area contributed by atoms with Crippen molar-refractivity contribution in [1.29, 1.82) is 0 Å². The Balaban J connectivity index is 1.64. The Labute approximate surface area is 175 Å². The lowest BCUT2D eigenvalue weighted by Gasteiger charge is -2.10. The Morgan fingerprint density at radius 2 is 1.82 bits per heavy atom. The van der Waals surface area contributed by atoms with Crippen LogP contribution in [0.25, 0.3) is 11.3 Å². The van der Waals surface area contributed by atoms with E-state index in [0.29, 0.717) is 11.3 Å². The molecule has 3 N–H and O–H groups in total. The molecule has 0 saturated heterocycles. The summed E-state index contributed by atoms with van der Waals surface area (Å²) in [5, 5.41) is 3.60. The van der Waals surface area contributed by atoms with Gasteiger partial charge in [0.1, 0.15) is 0 Å². The van der Waals surface area contributed by atoms with Gasteiger partial charge in [0.25, 0.3) is 0 Å². The fourth-order valence-corrected chi connectivity index (χ4v) is 3.78. The van der Waals surface area contributed by atoms with Gasteiger partial charge in [-0.2, -0.15) is 0 Å². The lowest BCUT2D eigenvalue weighted by Crippen LogP contribution is -2.15. The minimum atomic E-state index is -0.499. The molecule has 8 heteroatoms. The Morgan fingerprint density at radius 3 is 2.43 bits per heavy atom. The van der Waals surface area contributed by atoms with E-state index in [1.165, 1.54) is 11.8 Å². The maximum Gasteiger partial charge on any atom is 0.248 e. The summed E-state index contributed by atoms with van der Waals surface area (Å²) in [6.07, 6.45) is 1.83. The molecule has 0 radical (unpaired) electrons. The van der Waals surface area contributed by atoms with Crippen LogP contribution in [0.3, 0.4) is 0 Å². The van der Waals surface area contributed by atoms with Crippen molar-refractivity contribution in [3.05, 3.63) is 64.8 Å². The normalized spacial score (nSPS) is 10.6. The van der Waals surface area contributed by atoms with Gasteiger partial charge in [-0.25, -0.2) is 4.98 Å². The Hall–Kier alpha value is -2.58. The molecular formula is C20H19BrN4O2S. The second-order valence-corrected chi connectivity index (χ2v) is 7.81. The van der Waals surface area contributed by atoms with Crippen molar-refractivity contribution in [2.75, 3.05) is 11.1 Å². The van der Waals surface area contributed by atoms with Gasteiger partial charge in [0.05, 0.1) is 17.6 Å². The molecule has 0 fully saturated rings. The van der Waals surface area contributed by atoms with Gasteiger partial charge in [0.15, 0.2) is 5.16 Å². The van der Waals surface area contributed by atoms with Crippen LogP contribution in [0.5, 0.6) is 0 Å². The number of nitrogens with one attached hydrogen (secondary N) is 1. The summed E-state index contributed by atoms with van der Waals surface area (Å²) in [6.45, 7) is 2.80. The van der Waals surface area contributed by atoms with Crippen molar-refractivity contribution in [3.63, 3.8) is 0 Å². The van der Waals surface area contributed by atoms with Gasteiger partial charge >= 0.3 is 0 Å². The third kappa shape index (κ3) is 4.82. The van der Waals surface area contributed by atoms with Gasteiger partial charge in [-0.1, -0.05) is 39.8 Å². The minimum Gasteiger partial charge on any atom is -0.366 e. The van der Waals surface area contributed by atoms with Crippen LogP contribution in [0.2, 0.25) is 0 Å². The molecule has 2 aromatic carbocycles. The van der Waals surface area contributed by atoms with Crippen molar-refractivity contribution in [2.24, 2.45) is 5.73 Å². The van der Waals surface area contributed by atoms with Crippen LogP contribution < -0.4 is 11.1 Å². The van der Waals surface area contributed by atoms with E-state index < -0.39 is 5.91 Å². The first-order chi connectivity index (χ1) is 13.5. The maximum absolute atomic E-state index is 12.3. The van der Waals surface area contributed by atoms with Crippen molar-refractivity contribution in [3.8, 4) is 11.3 Å². The van der Waals surface area contributed by atoms with Crippen molar-refractivity contribution >= 4 is 45.2 Å². The van der Waals surface area contributed by atoms with Crippen molar-refractivity contribution < 1.29 is 9.59 Å². The van der Waals surface area contributed by atoms with Crippen LogP contribution >= 0.6 is 27.7 Å². The highest BCUT2D eigenvalue weighted by atomic mass is 79.9. The van der Waals surface area contributed by atoms with Crippen LogP contribution in [0.4, 0.5) is 5.69 Å². The molecule has 0 aliphatic rings. The van der Waals surface area contributed by atoms with Crippen LogP contribution in [0.15, 0.2) is 64.4 Å². The number of rotatable bonds is 7. The highest BCUT2D eigenvalue weighted by Gasteiger charge is 2.13. The number of anilines is 1. The number of primary amides is 1. The average Bonchev–Trinajstić information content (AvgIpc) is 3.10. The number of thioether (sulfide) groups is 1. The second-order valence-electron chi connectivity index (χ2n) is 5.96. The smallest absolute Gasteiger partial charge is 0.248 e. The fourth-order valence-electron chi connectivity index (χ4n) is 2.68. The topological polar surface area (TPSA) is 90.0 Å². The predicted octanol–water partition coefficient (Wildman–Crippen LogP) is 4.16. The van der Waals surface area contributed by atoms with Crippen LogP contribution in [-0.2, 0) is 11.3 Å². The molecule has 3 aromatic rings. The standard InChI is InChI=1S/C20H19BrN4O2S/c1-2-25-17(13-3-7-15(21)8-4-13)11-23-20(25)28-12-18(26)24-16-9-5-14(6-10-16)19(22)27/h3-11H,2,12H2,1H3,(H2,22,27)(H,24,26). The molecule has 0 saturated carbocycles. The first kappa shape index (κ1) is 20.2. The summed E-state index contributed by atoms with van der Waals surface area (Å²) < 4.78 is 3.11. The number of nitrogens with two attached hydrogens (primary N) is 1. The zero-order valence-electron chi connectivity index (χ0n) is 15.2. The van der Waals surface area contributed by atoms with Crippen LogP contribution in [0.1, 0.15) is 17.3 Å². The molecule has 6 nitrogen and oxygen atoms in total. The lowest BCUT2D eigenvalue weighted by atomic mass is 10.2. The number of benzene rings is 2. The van der Waals surface area contributed by atoms with Gasteiger partial charge in [-0.15, -0.1) is 0 Å². The zero-order chi connectivity index (χ0) is 20.1. The molecule has 144 valence electrons. The number of amides is 2. The SMILES string of the molecule is CCn1c(-c2ccc(Br)cc2)cnc1SCC(=O)Nc1ccc(C(N)=O)cc1. The summed E-state index contributed by atoms with van der Waals surface area (Å²) in [4.78, 5) is 27.8. The first-order valence-corrected chi connectivity index (χ1v) is 10.4. The van der Waals surface area contributed by atoms with E-state index >= 15 is 0 Å². The van der Waals surface area contributed by atoms with Crippen molar-refractivity contribution in [2.45, 2.75) is 18.6 Å². The molecule has 0 aliphatic heterocycles. The Kier molecular flexibility index (Phi) is 6.53. The van der Waals surface area contributed by atoms with Crippen LogP contribution in [-0.4, -0.2) is 27.1 Å². The van der Waals surface area contributed by atoms with E-state index in [-0.39, 0.29) is 11.7 Å². The molecule has 3 rings (SSSR count). The fraction of sp³-hybridized carbons (Fsp3) is 0.150. The summed E-state index contributed by atoms with van der Waals surface area (Å²) in [5.74, 6) is -0.414. The van der Waals surface area contributed by atoms with Gasteiger partial charge < -0.3 is 15.6 Å². The van der Waals surface area contributed by atoms with Crippen molar-refractivity contribution in [1.82, 2.24) is 9.55 Å². The second kappa shape index (κ2) is 9.07. The molecule has 28 heavy (non-hydrogen) atoms. The predicted molar refractivity (Wildman–Crippen MR) is 115 cm³/mol. The van der Waals surface area contributed by atoms with Gasteiger partial charge in [-0.05, 0) is 48.9 Å². The van der Waals surface area contributed by atoms with Gasteiger partial charge in [-0.3, -0.25) is 9.59 Å². The van der Waals surface area contributed by atoms with Gasteiger partial charge in [0, 0.05) is 22.3 Å². The van der Waals surface area contributed by atoms with E-state index in [1.54, 1.807) is 24.3 Å². The Morgan fingerprint density at radius 1 is 1.14 bits per heavy atom. The maximum atomic E-state index is 12.3. The van der Waals surface area contributed by atoms with E-state index in [2.05, 4.69) is 37.7 Å². The molecule has 0 aliphatic carbocycles. The number of carbonyl (C=O) groups is 2. The quantitative estimate of drug-likeness (QED) is 0.520. The highest BCUT2D eigenvalue weighted by Crippen LogP contribution is 2.27. The summed E-state index contributed by atoms with van der Waals surface area (Å²) >= 11 is 4.83. The number of hydrogen-bond acceptors (Lipinski definition) is 4. The molecule has 0 spiro atoms. The average molecular weight is 459 g/mol. The van der Waals surface area contributed by atoms with E-state index in [9.17, 15) is 9.59 Å². The molecule has 1 aromatic heterocycles. The summed E-state index contributed by atoms with van der Waals surface area (Å²) in [5.41, 5.74) is 8.32. The van der Waals surface area contributed by atoms with Gasteiger partial charge in [0.2, 0.25) is 11.8 Å². The number of halogens is 1. The number of aromatic nitrogens is 2. The summed E-state index contributed by atoms with van der Waals surface area (Å²) in [6, 6.07) is 14.5. The highest BCUT2D eigenvalue weighted by molar-refractivity contribution is 9.10. The lowest BCUT2D eigenvalue weighted by molar-refractivity contribution is -0.113. The third-order valence-electron chi connectivity index (χ3n) is 4.06. The largest absolute Gasteiger partial charge is 0.366 e. The molecule has 0 bridgehead atoms. The summed E-state index contributed by atoms with van der Waals surface area (Å²) in [7, 11) is 0. The molecule has 0 unspecified atom stereocenters. The zero-order valence-corrected chi connectivity index (χ0v) is 17.6. The first-order valence-electron chi connectivity index (χ1n) is 8.62. The molecular weight excluding hydrogens is 440 g/mol. The number of carbonyl (C=O) groups excluding carboxylic acids is 2. The van der Waals surface area contributed by atoms with E-state index in [0.717, 1.165) is 27.4 Å². The number of hydrogen-bond donors (Lipinski definition) is 2. The third-order valence-corrected chi connectivity index (χ3v) is 5.58. The molecule has 2 amide bonds. The number of nitrogens with zero attached hydrogens (tertiary/aromatic N) is 2. The Bertz CT molecular complexity index is 984. The molecule has 1 heterocycles. The van der Waals surface area contributed by atoms with Crippen LogP contribution in [0, 0.1) is 0 Å². The van der Waals surface area contributed by atoms with E-state index in [4.69, 9.17) is 5.73 Å². The monoisotopic (exact) mass is 458 g/mol. The number of imidazole rings is 1.